The van der Waals surface area contributed by atoms with Gasteiger partial charge in [0, 0.05) is 35.5 Å². The summed E-state index contributed by atoms with van der Waals surface area (Å²) in [6, 6.07) is 9.36. The molecule has 1 heterocycles. The maximum Gasteiger partial charge on any atom is 0.338 e. The van der Waals surface area contributed by atoms with Gasteiger partial charge >= 0.3 is 5.97 Å². The van der Waals surface area contributed by atoms with Crippen LogP contribution in [0.1, 0.15) is 88.9 Å². The molecule has 5 heteroatoms. The normalized spacial score (nSPS) is 40.7. The molecule has 0 N–H and O–H groups in total. The first-order valence-corrected chi connectivity index (χ1v) is 14.2. The van der Waals surface area contributed by atoms with E-state index in [1.54, 1.807) is 0 Å². The number of carbonyl (C=O) groups excluding carboxylic acids is 2. The van der Waals surface area contributed by atoms with Crippen molar-refractivity contribution in [1.29, 1.82) is 0 Å². The summed E-state index contributed by atoms with van der Waals surface area (Å²) in [5.74, 6) is 1.67. The number of Topliss-reactive ketones (excluding diaryl/α,β-unsaturated/α-hetero) is 1. The summed E-state index contributed by atoms with van der Waals surface area (Å²) in [5.41, 5.74) is 0.452. The van der Waals surface area contributed by atoms with E-state index in [-0.39, 0.29) is 22.2 Å². The van der Waals surface area contributed by atoms with Gasteiger partial charge in [0.05, 0.1) is 25.4 Å². The number of esters is 1. The summed E-state index contributed by atoms with van der Waals surface area (Å²) in [4.78, 5) is 25.9. The van der Waals surface area contributed by atoms with Crippen LogP contribution in [0, 0.1) is 39.9 Å². The van der Waals surface area contributed by atoms with Gasteiger partial charge in [-0.3, -0.25) is 4.79 Å². The molecule has 0 amide bonds. The van der Waals surface area contributed by atoms with E-state index in [1.165, 1.54) is 6.42 Å². The summed E-state index contributed by atoms with van der Waals surface area (Å²) >= 11 is 0. The second-order valence-electron chi connectivity index (χ2n) is 13.6. The average Bonchev–Trinajstić information content (AvgIpc) is 3.19. The van der Waals surface area contributed by atoms with E-state index in [1.807, 2.05) is 30.3 Å². The second-order valence-corrected chi connectivity index (χ2v) is 13.6. The van der Waals surface area contributed by atoms with Gasteiger partial charge in [-0.2, -0.15) is 0 Å². The Balaban J connectivity index is 1.28. The van der Waals surface area contributed by atoms with Crippen LogP contribution in [-0.2, 0) is 19.0 Å². The van der Waals surface area contributed by atoms with Crippen molar-refractivity contribution in [2.24, 2.45) is 39.9 Å². The highest BCUT2D eigenvalue weighted by atomic mass is 16.7. The molecular formula is C31H42O5. The Morgan fingerprint density at radius 1 is 0.944 bits per heavy atom. The van der Waals surface area contributed by atoms with Crippen molar-refractivity contribution in [2.75, 3.05) is 19.8 Å². The summed E-state index contributed by atoms with van der Waals surface area (Å²) < 4.78 is 19.1. The average molecular weight is 495 g/mol. The highest BCUT2D eigenvalue weighted by molar-refractivity contribution is 5.89. The predicted octanol–water partition coefficient (Wildman–Crippen LogP) is 6.20. The minimum atomic E-state index is -0.494. The van der Waals surface area contributed by atoms with Gasteiger partial charge in [0.25, 0.3) is 0 Å². The Kier molecular flexibility index (Phi) is 5.92. The number of rotatable bonds is 3. The third kappa shape index (κ3) is 3.88. The van der Waals surface area contributed by atoms with Crippen LogP contribution in [0.4, 0.5) is 0 Å². The minimum absolute atomic E-state index is 0.0471. The molecule has 1 aromatic rings. The minimum Gasteiger partial charge on any atom is -0.461 e. The molecule has 5 nitrogen and oxygen atoms in total. The van der Waals surface area contributed by atoms with E-state index in [0.717, 1.165) is 64.6 Å². The van der Waals surface area contributed by atoms with Crippen molar-refractivity contribution >= 4 is 11.8 Å². The lowest BCUT2D eigenvalue weighted by atomic mass is 9.44. The summed E-state index contributed by atoms with van der Waals surface area (Å²) in [6.45, 7) is 8.55. The first-order valence-electron chi connectivity index (χ1n) is 14.2. The Hall–Kier alpha value is -1.72. The van der Waals surface area contributed by atoms with Crippen molar-refractivity contribution in [2.45, 2.75) is 84.3 Å². The molecule has 5 fully saturated rings. The number of benzene rings is 1. The van der Waals surface area contributed by atoms with E-state index in [9.17, 15) is 9.59 Å². The van der Waals surface area contributed by atoms with Gasteiger partial charge in [-0.1, -0.05) is 39.0 Å². The first kappa shape index (κ1) is 24.6. The molecule has 1 saturated heterocycles. The van der Waals surface area contributed by atoms with Crippen molar-refractivity contribution in [3.8, 4) is 0 Å². The van der Waals surface area contributed by atoms with Crippen LogP contribution in [0.2, 0.25) is 0 Å². The molecule has 5 aliphatic rings. The number of hydrogen-bond acceptors (Lipinski definition) is 5. The van der Waals surface area contributed by atoms with Crippen molar-refractivity contribution in [1.82, 2.24) is 0 Å². The number of ketones is 1. The van der Waals surface area contributed by atoms with Gasteiger partial charge in [0.2, 0.25) is 0 Å². The fourth-order valence-corrected chi connectivity index (χ4v) is 8.91. The third-order valence-electron chi connectivity index (χ3n) is 11.0. The Bertz CT molecular complexity index is 1010. The predicted molar refractivity (Wildman–Crippen MR) is 136 cm³/mol. The number of hydrogen-bond donors (Lipinski definition) is 0. The quantitative estimate of drug-likeness (QED) is 0.468. The molecule has 1 spiro atoms. The smallest absolute Gasteiger partial charge is 0.338 e. The zero-order valence-electron chi connectivity index (χ0n) is 22.2. The molecule has 0 radical (unpaired) electrons. The molecule has 1 aliphatic heterocycles. The zero-order chi connectivity index (χ0) is 25.2. The summed E-state index contributed by atoms with van der Waals surface area (Å²) in [6.07, 6.45) is 8.77. The summed E-state index contributed by atoms with van der Waals surface area (Å²) in [5, 5.41) is 0. The zero-order valence-corrected chi connectivity index (χ0v) is 22.2. The van der Waals surface area contributed by atoms with Crippen molar-refractivity contribution in [3.63, 3.8) is 0 Å². The topological polar surface area (TPSA) is 61.8 Å². The van der Waals surface area contributed by atoms with E-state index in [2.05, 4.69) is 20.8 Å². The molecule has 4 saturated carbocycles. The standard InChI is InChI=1S/C31H42O5/c1-28(2)18-35-31(36-19-28)16-15-30(20-34-27(33)21-7-5-4-6-8-21)22(17-31)9-10-23-24-11-12-26(32)29(24,3)14-13-25(23)30/h4-8,22-25H,9-20H2,1-3H3/t22-,23+,24+,25+,29+,30-/m1/s1. The summed E-state index contributed by atoms with van der Waals surface area (Å²) in [7, 11) is 0. The van der Waals surface area contributed by atoms with Gasteiger partial charge in [0.1, 0.15) is 5.78 Å². The van der Waals surface area contributed by atoms with E-state index in [4.69, 9.17) is 14.2 Å². The molecule has 4 aliphatic carbocycles. The monoisotopic (exact) mass is 494 g/mol. The maximum absolute atomic E-state index is 13.0. The van der Waals surface area contributed by atoms with Crippen LogP contribution in [0.5, 0.6) is 0 Å². The van der Waals surface area contributed by atoms with Gasteiger partial charge in [0.15, 0.2) is 5.79 Å². The van der Waals surface area contributed by atoms with Gasteiger partial charge < -0.3 is 14.2 Å². The number of fused-ring (bicyclic) bond motifs is 5. The fraction of sp³-hybridized carbons (Fsp3) is 0.742. The molecule has 0 bridgehead atoms. The molecule has 6 rings (SSSR count). The molecule has 196 valence electrons. The number of carbonyl (C=O) groups is 2. The fourth-order valence-electron chi connectivity index (χ4n) is 8.91. The van der Waals surface area contributed by atoms with Crippen molar-refractivity contribution < 1.29 is 23.8 Å². The van der Waals surface area contributed by atoms with E-state index >= 15 is 0 Å². The highest BCUT2D eigenvalue weighted by Gasteiger charge is 2.64. The van der Waals surface area contributed by atoms with Gasteiger partial charge in [-0.25, -0.2) is 4.79 Å². The van der Waals surface area contributed by atoms with Crippen LogP contribution in [0.25, 0.3) is 0 Å². The third-order valence-corrected chi connectivity index (χ3v) is 11.0. The SMILES string of the molecule is CC1(C)COC2(CC[C@@]3(COC(=O)c4ccccc4)[C@H](CC[C@@H]4[C@@H]3CC[C@]3(C)C(=O)CC[C@@H]43)C2)OC1. The molecule has 36 heavy (non-hydrogen) atoms. The molecule has 0 aromatic heterocycles. The highest BCUT2D eigenvalue weighted by Crippen LogP contribution is 2.67. The first-order chi connectivity index (χ1) is 17.2. The van der Waals surface area contributed by atoms with Gasteiger partial charge in [-0.15, -0.1) is 0 Å². The maximum atomic E-state index is 13.0. The molecular weight excluding hydrogens is 452 g/mol. The van der Waals surface area contributed by atoms with Crippen LogP contribution < -0.4 is 0 Å². The van der Waals surface area contributed by atoms with Crippen LogP contribution in [0.3, 0.4) is 0 Å². The lowest BCUT2D eigenvalue weighted by Crippen LogP contribution is -2.61. The van der Waals surface area contributed by atoms with Gasteiger partial charge in [-0.05, 0) is 74.3 Å². The van der Waals surface area contributed by atoms with Crippen LogP contribution in [0.15, 0.2) is 30.3 Å². The largest absolute Gasteiger partial charge is 0.461 e. The Morgan fingerprint density at radius 2 is 1.69 bits per heavy atom. The van der Waals surface area contributed by atoms with Crippen molar-refractivity contribution in [3.05, 3.63) is 35.9 Å². The van der Waals surface area contributed by atoms with E-state index in [0.29, 0.717) is 41.6 Å². The lowest BCUT2D eigenvalue weighted by Gasteiger charge is -2.62. The Labute approximate surface area is 215 Å². The number of ether oxygens (including phenoxy) is 3. The Morgan fingerprint density at radius 3 is 2.44 bits per heavy atom. The molecule has 0 unspecified atom stereocenters. The van der Waals surface area contributed by atoms with Crippen LogP contribution in [-0.4, -0.2) is 37.4 Å². The second kappa shape index (κ2) is 8.66. The molecule has 1 aromatic carbocycles. The van der Waals surface area contributed by atoms with E-state index < -0.39 is 5.79 Å². The lowest BCUT2D eigenvalue weighted by molar-refractivity contribution is -0.332. The van der Waals surface area contributed by atoms with Crippen LogP contribution >= 0.6 is 0 Å². The molecule has 6 atom stereocenters.